The summed E-state index contributed by atoms with van der Waals surface area (Å²) in [6, 6.07) is 9.18. The van der Waals surface area contributed by atoms with Gasteiger partial charge in [0.15, 0.2) is 0 Å². The highest BCUT2D eigenvalue weighted by Crippen LogP contribution is 2.17. The van der Waals surface area contributed by atoms with Crippen LogP contribution in [0.25, 0.3) is 0 Å². The first kappa shape index (κ1) is 10.9. The molecule has 1 aromatic heterocycles. The van der Waals surface area contributed by atoms with Crippen LogP contribution in [-0.4, -0.2) is 9.97 Å². The Morgan fingerprint density at radius 3 is 2.62 bits per heavy atom. The van der Waals surface area contributed by atoms with E-state index in [0.717, 1.165) is 11.5 Å². The highest BCUT2D eigenvalue weighted by atomic mass is 35.5. The van der Waals surface area contributed by atoms with Crippen LogP contribution in [-0.2, 0) is 6.54 Å². The van der Waals surface area contributed by atoms with Gasteiger partial charge in [0.25, 0.3) is 0 Å². The molecule has 0 bridgehead atoms. The van der Waals surface area contributed by atoms with Gasteiger partial charge in [0.1, 0.15) is 11.6 Å². The molecule has 0 aliphatic rings. The number of rotatable bonds is 3. The van der Waals surface area contributed by atoms with E-state index in [1.807, 2.05) is 24.3 Å². The Labute approximate surface area is 98.5 Å². The quantitative estimate of drug-likeness (QED) is 0.856. The third-order valence-electron chi connectivity index (χ3n) is 2.00. The molecule has 0 saturated carbocycles. The van der Waals surface area contributed by atoms with Gasteiger partial charge < -0.3 is 11.1 Å². The van der Waals surface area contributed by atoms with Gasteiger partial charge in [-0.15, -0.1) is 0 Å². The minimum Gasteiger partial charge on any atom is -0.340 e. The maximum atomic E-state index is 5.79. The largest absolute Gasteiger partial charge is 0.340 e. The molecule has 0 unspecified atom stereocenters. The van der Waals surface area contributed by atoms with E-state index in [0.29, 0.717) is 17.4 Å². The number of hydrogen-bond donors (Lipinski definition) is 2. The van der Waals surface area contributed by atoms with Crippen LogP contribution in [0.1, 0.15) is 5.82 Å². The average Bonchev–Trinajstić information content (AvgIpc) is 2.32. The fraction of sp³-hybridized carbons (Fsp3) is 0.0909. The molecule has 16 heavy (non-hydrogen) atoms. The third-order valence-corrected chi connectivity index (χ3v) is 2.26. The van der Waals surface area contributed by atoms with Gasteiger partial charge in [0, 0.05) is 16.9 Å². The Bertz CT molecular complexity index is 470. The van der Waals surface area contributed by atoms with Crippen molar-refractivity contribution < 1.29 is 0 Å². The lowest BCUT2D eigenvalue weighted by Gasteiger charge is -2.06. The van der Waals surface area contributed by atoms with Crippen LogP contribution in [0.5, 0.6) is 0 Å². The van der Waals surface area contributed by atoms with Crippen LogP contribution in [0.2, 0.25) is 5.02 Å². The molecule has 0 saturated heterocycles. The number of hydrogen-bond acceptors (Lipinski definition) is 4. The van der Waals surface area contributed by atoms with Gasteiger partial charge in [-0.05, 0) is 30.3 Å². The molecule has 2 rings (SSSR count). The summed E-state index contributed by atoms with van der Waals surface area (Å²) in [6.07, 6.45) is 1.67. The summed E-state index contributed by atoms with van der Waals surface area (Å²) in [7, 11) is 0. The second-order valence-corrected chi connectivity index (χ2v) is 3.63. The fourth-order valence-corrected chi connectivity index (χ4v) is 1.37. The van der Waals surface area contributed by atoms with Gasteiger partial charge in [0.2, 0.25) is 0 Å². The van der Waals surface area contributed by atoms with E-state index in [1.54, 1.807) is 12.3 Å². The monoisotopic (exact) mass is 234 g/mol. The molecule has 0 spiro atoms. The zero-order valence-electron chi connectivity index (χ0n) is 8.52. The number of halogens is 1. The molecular formula is C11H11ClN4. The number of anilines is 2. The number of benzene rings is 1. The second-order valence-electron chi connectivity index (χ2n) is 3.19. The summed E-state index contributed by atoms with van der Waals surface area (Å²) in [5.74, 6) is 1.33. The van der Waals surface area contributed by atoms with E-state index >= 15 is 0 Å². The molecule has 2 aromatic rings. The maximum Gasteiger partial charge on any atom is 0.144 e. The van der Waals surface area contributed by atoms with E-state index in [4.69, 9.17) is 17.3 Å². The normalized spacial score (nSPS) is 10.1. The van der Waals surface area contributed by atoms with Gasteiger partial charge >= 0.3 is 0 Å². The van der Waals surface area contributed by atoms with Crippen LogP contribution in [0.4, 0.5) is 11.5 Å². The summed E-state index contributed by atoms with van der Waals surface area (Å²) in [4.78, 5) is 8.25. The van der Waals surface area contributed by atoms with Gasteiger partial charge in [-0.1, -0.05) is 11.6 Å². The smallest absolute Gasteiger partial charge is 0.144 e. The molecule has 82 valence electrons. The maximum absolute atomic E-state index is 5.79. The standard InChI is InChI=1S/C11H11ClN4/c12-8-1-3-9(4-2-8)15-10-5-6-14-11(7-13)16-10/h1-6H,7,13H2,(H,14,15,16). The molecule has 5 heteroatoms. The first-order chi connectivity index (χ1) is 7.78. The molecule has 0 aliphatic heterocycles. The highest BCUT2D eigenvalue weighted by Gasteiger charge is 1.98. The Morgan fingerprint density at radius 2 is 1.94 bits per heavy atom. The van der Waals surface area contributed by atoms with Gasteiger partial charge in [0.05, 0.1) is 6.54 Å². The van der Waals surface area contributed by atoms with Crippen molar-refractivity contribution in [2.75, 3.05) is 5.32 Å². The molecule has 0 radical (unpaired) electrons. The summed E-state index contributed by atoms with van der Waals surface area (Å²) < 4.78 is 0. The molecule has 1 aromatic carbocycles. The summed E-state index contributed by atoms with van der Waals surface area (Å²) in [5.41, 5.74) is 6.38. The van der Waals surface area contributed by atoms with Crippen molar-refractivity contribution in [1.82, 2.24) is 9.97 Å². The number of nitrogens with zero attached hydrogens (tertiary/aromatic N) is 2. The number of nitrogens with one attached hydrogen (secondary N) is 1. The minimum absolute atomic E-state index is 0.330. The van der Waals surface area contributed by atoms with E-state index in [-0.39, 0.29) is 0 Å². The van der Waals surface area contributed by atoms with Crippen LogP contribution >= 0.6 is 11.6 Å². The van der Waals surface area contributed by atoms with Crippen molar-refractivity contribution in [3.05, 3.63) is 47.4 Å². The van der Waals surface area contributed by atoms with Gasteiger partial charge in [-0.2, -0.15) is 0 Å². The Morgan fingerprint density at radius 1 is 1.19 bits per heavy atom. The zero-order chi connectivity index (χ0) is 11.4. The van der Waals surface area contributed by atoms with Crippen molar-refractivity contribution in [2.24, 2.45) is 5.73 Å². The fourth-order valence-electron chi connectivity index (χ4n) is 1.25. The average molecular weight is 235 g/mol. The Hall–Kier alpha value is -1.65. The van der Waals surface area contributed by atoms with E-state index in [1.165, 1.54) is 0 Å². The van der Waals surface area contributed by atoms with E-state index in [9.17, 15) is 0 Å². The first-order valence-corrected chi connectivity index (χ1v) is 5.20. The lowest BCUT2D eigenvalue weighted by molar-refractivity contribution is 0.912. The first-order valence-electron chi connectivity index (χ1n) is 4.82. The van der Waals surface area contributed by atoms with Crippen LogP contribution in [0.3, 0.4) is 0 Å². The van der Waals surface area contributed by atoms with E-state index in [2.05, 4.69) is 15.3 Å². The van der Waals surface area contributed by atoms with E-state index < -0.39 is 0 Å². The van der Waals surface area contributed by atoms with Gasteiger partial charge in [-0.3, -0.25) is 0 Å². The molecule has 3 N–H and O–H groups in total. The lowest BCUT2D eigenvalue weighted by Crippen LogP contribution is -2.04. The Balaban J connectivity index is 2.16. The molecule has 0 aliphatic carbocycles. The zero-order valence-corrected chi connectivity index (χ0v) is 9.28. The van der Waals surface area contributed by atoms with Crippen molar-refractivity contribution >= 4 is 23.1 Å². The molecule has 0 fully saturated rings. The number of nitrogens with two attached hydrogens (primary N) is 1. The molecular weight excluding hydrogens is 224 g/mol. The van der Waals surface area contributed by atoms with Crippen LogP contribution < -0.4 is 11.1 Å². The molecule has 0 atom stereocenters. The second kappa shape index (κ2) is 4.92. The summed E-state index contributed by atoms with van der Waals surface area (Å²) >= 11 is 5.79. The van der Waals surface area contributed by atoms with Crippen LogP contribution in [0, 0.1) is 0 Å². The predicted octanol–water partition coefficient (Wildman–Crippen LogP) is 2.33. The molecule has 4 nitrogen and oxygen atoms in total. The lowest BCUT2D eigenvalue weighted by atomic mass is 10.3. The minimum atomic E-state index is 0.330. The van der Waals surface area contributed by atoms with Crippen molar-refractivity contribution in [3.8, 4) is 0 Å². The molecule has 1 heterocycles. The number of aromatic nitrogens is 2. The van der Waals surface area contributed by atoms with Gasteiger partial charge in [-0.25, -0.2) is 9.97 Å². The molecule has 0 amide bonds. The van der Waals surface area contributed by atoms with Crippen molar-refractivity contribution in [3.63, 3.8) is 0 Å². The summed E-state index contributed by atoms with van der Waals surface area (Å²) in [5, 5.41) is 3.85. The third kappa shape index (κ3) is 2.68. The van der Waals surface area contributed by atoms with Crippen molar-refractivity contribution in [1.29, 1.82) is 0 Å². The Kier molecular flexibility index (Phi) is 3.34. The van der Waals surface area contributed by atoms with Crippen molar-refractivity contribution in [2.45, 2.75) is 6.54 Å². The highest BCUT2D eigenvalue weighted by molar-refractivity contribution is 6.30. The summed E-state index contributed by atoms with van der Waals surface area (Å²) in [6.45, 7) is 0.330. The predicted molar refractivity (Wildman–Crippen MR) is 64.7 cm³/mol. The topological polar surface area (TPSA) is 63.8 Å². The van der Waals surface area contributed by atoms with Crippen LogP contribution in [0.15, 0.2) is 36.5 Å². The SMILES string of the molecule is NCc1nccc(Nc2ccc(Cl)cc2)n1.